The second-order valence-corrected chi connectivity index (χ2v) is 8.17. The molecular formula is C19H19FN6O2S. The van der Waals surface area contributed by atoms with Crippen molar-refractivity contribution in [2.24, 2.45) is 0 Å². The lowest BCUT2D eigenvalue weighted by Gasteiger charge is -2.25. The normalized spacial score (nSPS) is 19.8. The fourth-order valence-corrected chi connectivity index (χ4v) is 4.87. The molecule has 1 fully saturated rings. The highest BCUT2D eigenvalue weighted by Gasteiger charge is 2.28. The van der Waals surface area contributed by atoms with E-state index >= 15 is 0 Å². The van der Waals surface area contributed by atoms with E-state index in [4.69, 9.17) is 4.74 Å². The molecule has 1 aliphatic rings. The van der Waals surface area contributed by atoms with Crippen LogP contribution in [0.5, 0.6) is 5.75 Å². The van der Waals surface area contributed by atoms with Crippen LogP contribution in [0.1, 0.15) is 22.9 Å². The van der Waals surface area contributed by atoms with E-state index in [1.165, 1.54) is 21.8 Å². The minimum absolute atomic E-state index is 0.214. The van der Waals surface area contributed by atoms with Crippen molar-refractivity contribution in [1.82, 2.24) is 29.3 Å². The van der Waals surface area contributed by atoms with Crippen LogP contribution in [-0.2, 0) is 0 Å². The fourth-order valence-electron chi connectivity index (χ4n) is 3.70. The Kier molecular flexibility index (Phi) is 4.32. The number of fused-ring (bicyclic) bond motifs is 2. The van der Waals surface area contributed by atoms with Crippen LogP contribution in [-0.4, -0.2) is 50.4 Å². The van der Waals surface area contributed by atoms with Crippen molar-refractivity contribution in [3.8, 4) is 17.1 Å². The molecule has 0 aromatic carbocycles. The molecule has 0 radical (unpaired) electrons. The molecule has 0 bridgehead atoms. The summed E-state index contributed by atoms with van der Waals surface area (Å²) in [6, 6.07) is 3.16. The number of alkyl halides is 1. The van der Waals surface area contributed by atoms with Crippen molar-refractivity contribution in [1.29, 1.82) is 0 Å². The standard InChI is InChI=1S/C19H19FN6O2S/c1-10-8-26-18(22-10)15(28-2)5-14(24-26)13-6-17(27)25-9-16(29-19(25)23-13)11-3-4-21-7-12(11)20/h5-6,8-9,11-12,21H,3-4,7H2,1-2H3/t11-,12-/m0/s1. The lowest BCUT2D eigenvalue weighted by Crippen LogP contribution is -2.36. The van der Waals surface area contributed by atoms with Crippen LogP contribution in [0.4, 0.5) is 4.39 Å². The highest BCUT2D eigenvalue weighted by molar-refractivity contribution is 7.17. The minimum atomic E-state index is -0.968. The number of halogens is 1. The third kappa shape index (κ3) is 3.08. The molecular weight excluding hydrogens is 395 g/mol. The molecule has 1 saturated heterocycles. The lowest BCUT2D eigenvalue weighted by atomic mass is 9.95. The van der Waals surface area contributed by atoms with Crippen LogP contribution in [0.15, 0.2) is 29.3 Å². The molecule has 0 aliphatic carbocycles. The molecule has 4 aromatic rings. The van der Waals surface area contributed by atoms with Crippen molar-refractivity contribution in [2.75, 3.05) is 20.2 Å². The van der Waals surface area contributed by atoms with E-state index < -0.39 is 6.17 Å². The second-order valence-electron chi connectivity index (χ2n) is 7.13. The van der Waals surface area contributed by atoms with Gasteiger partial charge in [0.15, 0.2) is 16.4 Å². The molecule has 2 atom stereocenters. The number of rotatable bonds is 3. The van der Waals surface area contributed by atoms with E-state index in [0.717, 1.165) is 17.1 Å². The number of hydrogen-bond donors (Lipinski definition) is 1. The number of ether oxygens (including phenoxy) is 1. The third-order valence-electron chi connectivity index (χ3n) is 5.15. The van der Waals surface area contributed by atoms with E-state index in [9.17, 15) is 9.18 Å². The molecule has 10 heteroatoms. The Morgan fingerprint density at radius 1 is 1.28 bits per heavy atom. The summed E-state index contributed by atoms with van der Waals surface area (Å²) in [7, 11) is 1.56. The summed E-state index contributed by atoms with van der Waals surface area (Å²) in [6.45, 7) is 2.97. The monoisotopic (exact) mass is 414 g/mol. The molecule has 1 aliphatic heterocycles. The Morgan fingerprint density at radius 2 is 2.14 bits per heavy atom. The number of thiazole rings is 1. The van der Waals surface area contributed by atoms with Gasteiger partial charge in [-0.15, -0.1) is 11.3 Å². The maximum Gasteiger partial charge on any atom is 0.259 e. The summed E-state index contributed by atoms with van der Waals surface area (Å²) in [5, 5.41) is 7.59. The molecule has 8 nitrogen and oxygen atoms in total. The van der Waals surface area contributed by atoms with Gasteiger partial charge in [-0.2, -0.15) is 5.10 Å². The van der Waals surface area contributed by atoms with Crippen molar-refractivity contribution < 1.29 is 9.13 Å². The van der Waals surface area contributed by atoms with Crippen LogP contribution in [0.25, 0.3) is 22.0 Å². The number of imidazole rings is 1. The molecule has 0 amide bonds. The van der Waals surface area contributed by atoms with Crippen LogP contribution in [0.2, 0.25) is 0 Å². The zero-order valence-corrected chi connectivity index (χ0v) is 16.7. The zero-order chi connectivity index (χ0) is 20.1. The SMILES string of the molecule is COc1cc(-c2cc(=O)n3cc([C@H]4CCNC[C@@H]4F)sc3n2)nn2cc(C)nc12. The first-order valence-corrected chi connectivity index (χ1v) is 10.1. The van der Waals surface area contributed by atoms with Crippen LogP contribution in [0.3, 0.4) is 0 Å². The molecule has 0 spiro atoms. The highest BCUT2D eigenvalue weighted by atomic mass is 32.1. The topological polar surface area (TPSA) is 85.8 Å². The molecule has 150 valence electrons. The number of nitrogens with one attached hydrogen (secondary N) is 1. The van der Waals surface area contributed by atoms with Gasteiger partial charge >= 0.3 is 0 Å². The molecule has 5 rings (SSSR count). The van der Waals surface area contributed by atoms with Gasteiger partial charge in [0.25, 0.3) is 5.56 Å². The summed E-state index contributed by atoms with van der Waals surface area (Å²) in [5.74, 6) is 0.334. The number of nitrogens with zero attached hydrogens (tertiary/aromatic N) is 5. The number of hydrogen-bond acceptors (Lipinski definition) is 7. The van der Waals surface area contributed by atoms with Crippen molar-refractivity contribution in [3.63, 3.8) is 0 Å². The van der Waals surface area contributed by atoms with Gasteiger partial charge in [0.1, 0.15) is 11.9 Å². The summed E-state index contributed by atoms with van der Waals surface area (Å²) in [4.78, 5) is 23.1. The predicted molar refractivity (Wildman–Crippen MR) is 108 cm³/mol. The fraction of sp³-hybridized carbons (Fsp3) is 0.368. The van der Waals surface area contributed by atoms with E-state index in [1.807, 2.05) is 6.92 Å². The van der Waals surface area contributed by atoms with Crippen molar-refractivity contribution in [3.05, 3.63) is 45.5 Å². The Morgan fingerprint density at radius 3 is 2.93 bits per heavy atom. The Bertz CT molecular complexity index is 1280. The largest absolute Gasteiger partial charge is 0.493 e. The zero-order valence-electron chi connectivity index (χ0n) is 15.9. The quantitative estimate of drug-likeness (QED) is 0.553. The van der Waals surface area contributed by atoms with Crippen LogP contribution in [0, 0.1) is 6.92 Å². The van der Waals surface area contributed by atoms with Gasteiger partial charge in [0.2, 0.25) is 0 Å². The van der Waals surface area contributed by atoms with Gasteiger partial charge in [-0.3, -0.25) is 9.20 Å². The highest BCUT2D eigenvalue weighted by Crippen LogP contribution is 2.33. The molecule has 0 unspecified atom stereocenters. The van der Waals surface area contributed by atoms with Crippen molar-refractivity contribution >= 4 is 21.9 Å². The molecule has 1 N–H and O–H groups in total. The van der Waals surface area contributed by atoms with Gasteiger partial charge < -0.3 is 10.1 Å². The average Bonchev–Trinajstić information content (AvgIpc) is 3.30. The molecule has 4 aromatic heterocycles. The first-order chi connectivity index (χ1) is 14.0. The number of piperidine rings is 1. The van der Waals surface area contributed by atoms with Crippen LogP contribution < -0.4 is 15.6 Å². The molecule has 5 heterocycles. The van der Waals surface area contributed by atoms with Gasteiger partial charge in [0.05, 0.1) is 24.7 Å². The maximum atomic E-state index is 14.3. The van der Waals surface area contributed by atoms with E-state index in [2.05, 4.69) is 20.4 Å². The Labute approximate surface area is 169 Å². The smallest absolute Gasteiger partial charge is 0.259 e. The summed E-state index contributed by atoms with van der Waals surface area (Å²) >= 11 is 1.35. The third-order valence-corrected chi connectivity index (χ3v) is 6.27. The van der Waals surface area contributed by atoms with Gasteiger partial charge in [-0.05, 0) is 19.9 Å². The number of methoxy groups -OCH3 is 1. The number of aromatic nitrogens is 5. The molecule has 29 heavy (non-hydrogen) atoms. The Hall–Kier alpha value is -2.85. The van der Waals surface area contributed by atoms with E-state index in [-0.39, 0.29) is 11.5 Å². The van der Waals surface area contributed by atoms with Gasteiger partial charge in [0, 0.05) is 35.7 Å². The lowest BCUT2D eigenvalue weighted by molar-refractivity contribution is 0.233. The summed E-state index contributed by atoms with van der Waals surface area (Å²) in [6.07, 6.45) is 3.24. The van der Waals surface area contributed by atoms with Gasteiger partial charge in [-0.25, -0.2) is 18.9 Å². The minimum Gasteiger partial charge on any atom is -0.493 e. The Balaban J connectivity index is 1.63. The number of aryl methyl sites for hydroxylation is 1. The summed E-state index contributed by atoms with van der Waals surface area (Å²) in [5.41, 5.74) is 2.13. The first-order valence-electron chi connectivity index (χ1n) is 9.33. The predicted octanol–water partition coefficient (Wildman–Crippen LogP) is 2.20. The first kappa shape index (κ1) is 18.2. The maximum absolute atomic E-state index is 14.3. The summed E-state index contributed by atoms with van der Waals surface area (Å²) < 4.78 is 22.9. The average molecular weight is 414 g/mol. The second kappa shape index (κ2) is 6.89. The van der Waals surface area contributed by atoms with E-state index in [1.54, 1.807) is 30.1 Å². The van der Waals surface area contributed by atoms with E-state index in [0.29, 0.717) is 40.7 Å². The van der Waals surface area contributed by atoms with Crippen molar-refractivity contribution in [2.45, 2.75) is 25.4 Å². The van der Waals surface area contributed by atoms with Crippen LogP contribution >= 0.6 is 11.3 Å². The van der Waals surface area contributed by atoms with Gasteiger partial charge in [-0.1, -0.05) is 0 Å². The molecule has 0 saturated carbocycles.